The minimum absolute atomic E-state index is 0.0908. The van der Waals surface area contributed by atoms with E-state index in [1.165, 1.54) is 0 Å². The summed E-state index contributed by atoms with van der Waals surface area (Å²) in [4.78, 5) is 2.27. The Kier molecular flexibility index (Phi) is 4.51. The monoisotopic (exact) mass is 255 g/mol. The Morgan fingerprint density at radius 2 is 2.12 bits per heavy atom. The van der Waals surface area contributed by atoms with Gasteiger partial charge < -0.3 is 9.47 Å². The number of alkyl halides is 1. The van der Waals surface area contributed by atoms with Crippen LogP contribution in [0.15, 0.2) is 24.3 Å². The number of halogens is 1. The molecule has 1 atom stereocenters. The van der Waals surface area contributed by atoms with Gasteiger partial charge in [0.25, 0.3) is 0 Å². The third-order valence-electron chi connectivity index (χ3n) is 2.88. The molecule has 0 N–H and O–H groups in total. The molecule has 0 amide bonds. The molecule has 4 heteroatoms. The Hall–Kier alpha value is -0.930. The van der Waals surface area contributed by atoms with Gasteiger partial charge in [-0.15, -0.1) is 11.6 Å². The van der Waals surface area contributed by atoms with Crippen LogP contribution in [-0.2, 0) is 0 Å². The summed E-state index contributed by atoms with van der Waals surface area (Å²) in [7, 11) is 0. The van der Waals surface area contributed by atoms with Gasteiger partial charge in [-0.25, -0.2) is 0 Å². The van der Waals surface area contributed by atoms with E-state index in [1.807, 2.05) is 24.3 Å². The van der Waals surface area contributed by atoms with Gasteiger partial charge >= 0.3 is 0 Å². The molecule has 2 rings (SSSR count). The largest absolute Gasteiger partial charge is 0.486 e. The van der Waals surface area contributed by atoms with E-state index in [0.29, 0.717) is 12.5 Å². The first-order valence-corrected chi connectivity index (χ1v) is 6.53. The first kappa shape index (κ1) is 12.5. The highest BCUT2D eigenvalue weighted by atomic mass is 35.5. The summed E-state index contributed by atoms with van der Waals surface area (Å²) < 4.78 is 11.6. The Morgan fingerprint density at radius 1 is 1.35 bits per heavy atom. The van der Waals surface area contributed by atoms with Crippen molar-refractivity contribution in [1.82, 2.24) is 4.90 Å². The lowest BCUT2D eigenvalue weighted by Gasteiger charge is -2.30. The quantitative estimate of drug-likeness (QED) is 0.754. The summed E-state index contributed by atoms with van der Waals surface area (Å²) in [6.07, 6.45) is 0.0908. The number of nitrogens with zero attached hydrogens (tertiary/aromatic N) is 1. The summed E-state index contributed by atoms with van der Waals surface area (Å²) in [5, 5.41) is 0. The average molecular weight is 256 g/mol. The smallest absolute Gasteiger partial charge is 0.161 e. The van der Waals surface area contributed by atoms with E-state index in [2.05, 4.69) is 11.8 Å². The van der Waals surface area contributed by atoms with Gasteiger partial charge in [0.1, 0.15) is 12.7 Å². The van der Waals surface area contributed by atoms with Crippen LogP contribution in [0.25, 0.3) is 0 Å². The second kappa shape index (κ2) is 6.12. The van der Waals surface area contributed by atoms with Gasteiger partial charge in [0, 0.05) is 19.0 Å². The number of rotatable bonds is 5. The fraction of sp³-hybridized carbons (Fsp3) is 0.538. The van der Waals surface area contributed by atoms with Crippen molar-refractivity contribution >= 4 is 11.6 Å². The highest BCUT2D eigenvalue weighted by Crippen LogP contribution is 2.30. The number of hydrogen-bond acceptors (Lipinski definition) is 3. The number of fused-ring (bicyclic) bond motifs is 1. The average Bonchev–Trinajstić information content (AvgIpc) is 2.38. The van der Waals surface area contributed by atoms with Crippen molar-refractivity contribution in [3.05, 3.63) is 24.3 Å². The van der Waals surface area contributed by atoms with Crippen LogP contribution in [0.3, 0.4) is 0 Å². The van der Waals surface area contributed by atoms with E-state index in [9.17, 15) is 0 Å². The molecule has 3 nitrogen and oxygen atoms in total. The van der Waals surface area contributed by atoms with Crippen molar-refractivity contribution in [2.24, 2.45) is 0 Å². The van der Waals surface area contributed by atoms with Crippen LogP contribution in [0.1, 0.15) is 6.92 Å². The van der Waals surface area contributed by atoms with Crippen LogP contribution in [0.5, 0.6) is 11.5 Å². The van der Waals surface area contributed by atoms with E-state index in [1.54, 1.807) is 0 Å². The maximum absolute atomic E-state index is 5.90. The summed E-state index contributed by atoms with van der Waals surface area (Å²) in [5.74, 6) is 2.33. The Balaban J connectivity index is 1.93. The lowest BCUT2D eigenvalue weighted by Crippen LogP contribution is -2.41. The second-order valence-corrected chi connectivity index (χ2v) is 4.46. The normalized spacial score (nSPS) is 18.4. The van der Waals surface area contributed by atoms with Crippen molar-refractivity contribution < 1.29 is 9.47 Å². The fourth-order valence-electron chi connectivity index (χ4n) is 1.94. The van der Waals surface area contributed by atoms with Crippen molar-refractivity contribution in [2.75, 3.05) is 32.1 Å². The van der Waals surface area contributed by atoms with Crippen LogP contribution < -0.4 is 9.47 Å². The zero-order valence-electron chi connectivity index (χ0n) is 10.1. The molecule has 0 radical (unpaired) electrons. The Bertz CT molecular complexity index is 359. The van der Waals surface area contributed by atoms with E-state index in [-0.39, 0.29) is 6.10 Å². The van der Waals surface area contributed by atoms with Crippen LogP contribution in [0.2, 0.25) is 0 Å². The van der Waals surface area contributed by atoms with Gasteiger partial charge in [0.2, 0.25) is 0 Å². The van der Waals surface area contributed by atoms with Crippen molar-refractivity contribution in [1.29, 1.82) is 0 Å². The third-order valence-corrected chi connectivity index (χ3v) is 3.05. The molecule has 1 aliphatic rings. The summed E-state index contributed by atoms with van der Waals surface area (Å²) in [5.41, 5.74) is 0. The molecule has 0 spiro atoms. The van der Waals surface area contributed by atoms with Gasteiger partial charge in [0.05, 0.1) is 0 Å². The molecule has 1 unspecified atom stereocenters. The molecule has 0 fully saturated rings. The van der Waals surface area contributed by atoms with Gasteiger partial charge in [0.15, 0.2) is 11.5 Å². The minimum Gasteiger partial charge on any atom is -0.486 e. The minimum atomic E-state index is 0.0908. The van der Waals surface area contributed by atoms with Crippen molar-refractivity contribution in [2.45, 2.75) is 13.0 Å². The first-order valence-electron chi connectivity index (χ1n) is 6.00. The van der Waals surface area contributed by atoms with Crippen molar-refractivity contribution in [3.63, 3.8) is 0 Å². The zero-order chi connectivity index (χ0) is 12.1. The van der Waals surface area contributed by atoms with E-state index in [0.717, 1.165) is 31.1 Å². The van der Waals surface area contributed by atoms with Crippen LogP contribution in [-0.4, -0.2) is 43.1 Å². The number of likely N-dealkylation sites (N-methyl/N-ethyl adjacent to an activating group) is 1. The van der Waals surface area contributed by atoms with Crippen LogP contribution >= 0.6 is 11.6 Å². The molecule has 1 aliphatic heterocycles. The van der Waals surface area contributed by atoms with Gasteiger partial charge in [-0.1, -0.05) is 19.1 Å². The van der Waals surface area contributed by atoms with Crippen LogP contribution in [0.4, 0.5) is 0 Å². The molecule has 0 aromatic heterocycles. The highest BCUT2D eigenvalue weighted by Gasteiger charge is 2.22. The predicted molar refractivity (Wildman–Crippen MR) is 69.2 cm³/mol. The molecular weight excluding hydrogens is 238 g/mol. The zero-order valence-corrected chi connectivity index (χ0v) is 10.8. The number of para-hydroxylation sites is 2. The molecule has 1 aromatic carbocycles. The van der Waals surface area contributed by atoms with E-state index < -0.39 is 0 Å². The molecule has 0 bridgehead atoms. The fourth-order valence-corrected chi connectivity index (χ4v) is 2.18. The van der Waals surface area contributed by atoms with Gasteiger partial charge in [-0.3, -0.25) is 4.90 Å². The number of benzene rings is 1. The standard InChI is InChI=1S/C13H18ClNO2/c1-2-15(8-7-14)9-11-10-16-12-5-3-4-6-13(12)17-11/h3-6,11H,2,7-10H2,1H3. The second-order valence-electron chi connectivity index (χ2n) is 4.08. The molecule has 0 aliphatic carbocycles. The first-order chi connectivity index (χ1) is 8.33. The van der Waals surface area contributed by atoms with Crippen LogP contribution in [0, 0.1) is 0 Å². The number of ether oxygens (including phenoxy) is 2. The molecule has 94 valence electrons. The summed E-state index contributed by atoms with van der Waals surface area (Å²) in [6, 6.07) is 7.79. The Labute approximate surface area is 107 Å². The molecule has 1 heterocycles. The molecule has 0 saturated carbocycles. The summed E-state index contributed by atoms with van der Waals surface area (Å²) >= 11 is 5.76. The molecule has 17 heavy (non-hydrogen) atoms. The molecule has 0 saturated heterocycles. The van der Waals surface area contributed by atoms with E-state index >= 15 is 0 Å². The lowest BCUT2D eigenvalue weighted by molar-refractivity contribution is 0.0617. The Morgan fingerprint density at radius 3 is 2.82 bits per heavy atom. The van der Waals surface area contributed by atoms with Gasteiger partial charge in [-0.05, 0) is 18.7 Å². The molecule has 1 aromatic rings. The highest BCUT2D eigenvalue weighted by molar-refractivity contribution is 6.18. The summed E-state index contributed by atoms with van der Waals surface area (Å²) in [6.45, 7) is 5.46. The third kappa shape index (κ3) is 3.27. The maximum atomic E-state index is 5.90. The van der Waals surface area contributed by atoms with Crippen molar-refractivity contribution in [3.8, 4) is 11.5 Å². The van der Waals surface area contributed by atoms with E-state index in [4.69, 9.17) is 21.1 Å². The van der Waals surface area contributed by atoms with Gasteiger partial charge in [-0.2, -0.15) is 0 Å². The number of hydrogen-bond donors (Lipinski definition) is 0. The molecular formula is C13H18ClNO2. The SMILES string of the molecule is CCN(CCCl)CC1COc2ccccc2O1. The predicted octanol–water partition coefficient (Wildman–Crippen LogP) is 2.39. The lowest BCUT2D eigenvalue weighted by atomic mass is 10.2. The maximum Gasteiger partial charge on any atom is 0.161 e. The topological polar surface area (TPSA) is 21.7 Å².